The van der Waals surface area contributed by atoms with E-state index in [-0.39, 0.29) is 18.7 Å². The predicted molar refractivity (Wildman–Crippen MR) is 101 cm³/mol. The fraction of sp³-hybridized carbons (Fsp3) is 0.400. The van der Waals surface area contributed by atoms with Crippen LogP contribution in [0.4, 0.5) is 20.3 Å². The Morgan fingerprint density at radius 3 is 2.52 bits per heavy atom. The third kappa shape index (κ3) is 4.53. The minimum absolute atomic E-state index is 0.0428. The Morgan fingerprint density at radius 1 is 1.22 bits per heavy atom. The number of carbonyl (C=O) groups is 1. The second-order valence-corrected chi connectivity index (χ2v) is 6.78. The zero-order valence-electron chi connectivity index (χ0n) is 15.3. The van der Waals surface area contributed by atoms with Gasteiger partial charge in [0.05, 0.1) is 5.69 Å². The number of hydrogen-bond donors (Lipinski definition) is 1. The maximum absolute atomic E-state index is 14.6. The monoisotopic (exact) mass is 375 g/mol. The van der Waals surface area contributed by atoms with Gasteiger partial charge in [0.1, 0.15) is 23.1 Å². The molecule has 0 bridgehead atoms. The summed E-state index contributed by atoms with van der Waals surface area (Å²) in [7, 11) is 1.55. The van der Waals surface area contributed by atoms with Gasteiger partial charge in [-0.1, -0.05) is 6.07 Å². The predicted octanol–water partition coefficient (Wildman–Crippen LogP) is 3.93. The van der Waals surface area contributed by atoms with Crippen molar-refractivity contribution in [2.45, 2.75) is 25.7 Å². The van der Waals surface area contributed by atoms with Crippen molar-refractivity contribution in [3.05, 3.63) is 42.0 Å². The summed E-state index contributed by atoms with van der Waals surface area (Å²) >= 11 is 0. The minimum atomic E-state index is -0.927. The van der Waals surface area contributed by atoms with Crippen molar-refractivity contribution in [1.82, 2.24) is 4.98 Å². The molecule has 0 saturated carbocycles. The number of carboxylic acid groups (broad SMARTS) is 1. The minimum Gasteiger partial charge on any atom is -0.481 e. The van der Waals surface area contributed by atoms with Crippen molar-refractivity contribution in [1.29, 1.82) is 0 Å². The largest absolute Gasteiger partial charge is 0.481 e. The van der Waals surface area contributed by atoms with E-state index in [1.54, 1.807) is 13.1 Å². The van der Waals surface area contributed by atoms with E-state index in [1.165, 1.54) is 17.0 Å². The van der Waals surface area contributed by atoms with Gasteiger partial charge in [0, 0.05) is 38.7 Å². The van der Waals surface area contributed by atoms with Crippen LogP contribution in [0.5, 0.6) is 0 Å². The zero-order valence-corrected chi connectivity index (χ0v) is 15.3. The molecule has 0 radical (unpaired) electrons. The summed E-state index contributed by atoms with van der Waals surface area (Å²) in [4.78, 5) is 18.7. The molecule has 0 unspecified atom stereocenters. The molecule has 1 aromatic carbocycles. The lowest BCUT2D eigenvalue weighted by atomic mass is 10.1. The zero-order chi connectivity index (χ0) is 19.4. The average molecular weight is 375 g/mol. The van der Waals surface area contributed by atoms with E-state index < -0.39 is 17.6 Å². The fourth-order valence-corrected chi connectivity index (χ4v) is 3.36. The lowest BCUT2D eigenvalue weighted by molar-refractivity contribution is -0.137. The molecule has 2 heterocycles. The van der Waals surface area contributed by atoms with Gasteiger partial charge in [-0.05, 0) is 43.5 Å². The van der Waals surface area contributed by atoms with Crippen molar-refractivity contribution < 1.29 is 18.7 Å². The van der Waals surface area contributed by atoms with E-state index in [0.29, 0.717) is 17.7 Å². The Kier molecular flexibility index (Phi) is 5.88. The van der Waals surface area contributed by atoms with Gasteiger partial charge in [-0.3, -0.25) is 4.79 Å². The van der Waals surface area contributed by atoms with Gasteiger partial charge in [-0.15, -0.1) is 0 Å². The van der Waals surface area contributed by atoms with E-state index in [9.17, 15) is 13.6 Å². The van der Waals surface area contributed by atoms with Crippen LogP contribution in [0.1, 0.15) is 25.7 Å². The highest BCUT2D eigenvalue weighted by molar-refractivity contribution is 5.67. The molecule has 1 aliphatic heterocycles. The quantitative estimate of drug-likeness (QED) is 0.795. The molecule has 3 rings (SSSR count). The molecule has 0 aliphatic carbocycles. The number of aliphatic carboxylic acids is 1. The number of anilines is 2. The van der Waals surface area contributed by atoms with Crippen LogP contribution in [0, 0.1) is 11.6 Å². The van der Waals surface area contributed by atoms with Crippen LogP contribution >= 0.6 is 0 Å². The number of aromatic nitrogens is 1. The van der Waals surface area contributed by atoms with Gasteiger partial charge >= 0.3 is 5.97 Å². The maximum Gasteiger partial charge on any atom is 0.303 e. The fourth-order valence-electron chi connectivity index (χ4n) is 3.36. The standard InChI is InChI=1S/C20H23F2N3O2/c1-24(9-5-8-19(26)27)20-15(21)12-14(13-16(20)22)17-6-4-7-18(23-17)25-10-2-3-11-25/h4,6-7,12-13H,2-3,5,8-11H2,1H3,(H,26,27). The molecule has 1 saturated heterocycles. The summed E-state index contributed by atoms with van der Waals surface area (Å²) in [6.45, 7) is 2.14. The van der Waals surface area contributed by atoms with Gasteiger partial charge in [0.15, 0.2) is 0 Å². The first-order chi connectivity index (χ1) is 13.0. The number of hydrogen-bond acceptors (Lipinski definition) is 4. The Bertz CT molecular complexity index is 800. The topological polar surface area (TPSA) is 56.7 Å². The molecule has 2 aromatic rings. The number of benzene rings is 1. The number of nitrogens with zero attached hydrogens (tertiary/aromatic N) is 3. The van der Waals surface area contributed by atoms with E-state index in [1.807, 2.05) is 12.1 Å². The molecule has 27 heavy (non-hydrogen) atoms. The van der Waals surface area contributed by atoms with Crippen molar-refractivity contribution in [2.24, 2.45) is 0 Å². The summed E-state index contributed by atoms with van der Waals surface area (Å²) in [5.74, 6) is -1.48. The molecular weight excluding hydrogens is 352 g/mol. The first-order valence-electron chi connectivity index (χ1n) is 9.10. The second kappa shape index (κ2) is 8.33. The maximum atomic E-state index is 14.6. The molecule has 144 valence electrons. The molecule has 0 spiro atoms. The molecule has 1 N–H and O–H groups in total. The van der Waals surface area contributed by atoms with Crippen molar-refractivity contribution >= 4 is 17.5 Å². The Labute approximate surface area is 157 Å². The highest BCUT2D eigenvalue weighted by atomic mass is 19.1. The summed E-state index contributed by atoms with van der Waals surface area (Å²) in [6.07, 6.45) is 2.51. The van der Waals surface area contributed by atoms with Gasteiger partial charge < -0.3 is 14.9 Å². The van der Waals surface area contributed by atoms with Crippen LogP contribution in [0.2, 0.25) is 0 Å². The van der Waals surface area contributed by atoms with E-state index >= 15 is 0 Å². The third-order valence-electron chi connectivity index (χ3n) is 4.74. The molecule has 5 nitrogen and oxygen atoms in total. The molecular formula is C20H23F2N3O2. The number of halogens is 2. The Balaban J connectivity index is 1.82. The van der Waals surface area contributed by atoms with Crippen LogP contribution in [0.25, 0.3) is 11.3 Å². The van der Waals surface area contributed by atoms with E-state index in [0.717, 1.165) is 31.7 Å². The van der Waals surface area contributed by atoms with Gasteiger partial charge in [-0.25, -0.2) is 13.8 Å². The van der Waals surface area contributed by atoms with Crippen LogP contribution in [-0.2, 0) is 4.79 Å². The number of pyridine rings is 1. The van der Waals surface area contributed by atoms with Crippen LogP contribution < -0.4 is 9.80 Å². The van der Waals surface area contributed by atoms with E-state index in [4.69, 9.17) is 5.11 Å². The van der Waals surface area contributed by atoms with Crippen molar-refractivity contribution in [3.63, 3.8) is 0 Å². The molecule has 1 aliphatic rings. The molecule has 0 amide bonds. The van der Waals surface area contributed by atoms with Crippen LogP contribution in [0.15, 0.2) is 30.3 Å². The number of carboxylic acids is 1. The Morgan fingerprint density at radius 2 is 1.89 bits per heavy atom. The van der Waals surface area contributed by atoms with Crippen LogP contribution in [0.3, 0.4) is 0 Å². The number of rotatable bonds is 7. The van der Waals surface area contributed by atoms with E-state index in [2.05, 4.69) is 9.88 Å². The summed E-state index contributed by atoms with van der Waals surface area (Å²) in [6, 6.07) is 8.05. The third-order valence-corrected chi connectivity index (χ3v) is 4.74. The average Bonchev–Trinajstić information content (AvgIpc) is 3.15. The van der Waals surface area contributed by atoms with Crippen LogP contribution in [-0.4, -0.2) is 42.7 Å². The van der Waals surface area contributed by atoms with Crippen molar-refractivity contribution in [3.8, 4) is 11.3 Å². The summed E-state index contributed by atoms with van der Waals surface area (Å²) in [5.41, 5.74) is 0.755. The first-order valence-corrected chi connectivity index (χ1v) is 9.10. The molecule has 1 aromatic heterocycles. The summed E-state index contributed by atoms with van der Waals surface area (Å²) in [5, 5.41) is 8.69. The SMILES string of the molecule is CN(CCCC(=O)O)c1c(F)cc(-c2cccc(N3CCCC3)n2)cc1F. The highest BCUT2D eigenvalue weighted by Gasteiger charge is 2.18. The first kappa shape index (κ1) is 19.1. The van der Waals surface area contributed by atoms with Crippen molar-refractivity contribution in [2.75, 3.05) is 36.5 Å². The molecule has 0 atom stereocenters. The summed E-state index contributed by atoms with van der Waals surface area (Å²) < 4.78 is 29.2. The normalized spacial score (nSPS) is 13.8. The Hall–Kier alpha value is -2.70. The van der Waals surface area contributed by atoms with Gasteiger partial charge in [0.2, 0.25) is 0 Å². The molecule has 7 heteroatoms. The highest BCUT2D eigenvalue weighted by Crippen LogP contribution is 2.30. The lowest BCUT2D eigenvalue weighted by Gasteiger charge is -2.21. The second-order valence-electron chi connectivity index (χ2n) is 6.78. The van der Waals surface area contributed by atoms with Gasteiger partial charge in [0.25, 0.3) is 0 Å². The smallest absolute Gasteiger partial charge is 0.303 e. The van der Waals surface area contributed by atoms with Gasteiger partial charge in [-0.2, -0.15) is 0 Å². The molecule has 1 fully saturated rings. The lowest BCUT2D eigenvalue weighted by Crippen LogP contribution is -2.22.